The van der Waals surface area contributed by atoms with Crippen LogP contribution in [-0.4, -0.2) is 4.89 Å². The van der Waals surface area contributed by atoms with E-state index in [1.54, 1.807) is 48.5 Å². The first-order chi connectivity index (χ1) is 8.94. The Morgan fingerprint density at radius 2 is 1.11 bits per heavy atom. The third-order valence-corrected chi connectivity index (χ3v) is 7.99. The van der Waals surface area contributed by atoms with Crippen molar-refractivity contribution in [3.63, 3.8) is 0 Å². The molecule has 2 aromatic carbocycles. The van der Waals surface area contributed by atoms with Crippen molar-refractivity contribution in [2.75, 3.05) is 0 Å². The Balaban J connectivity index is 2.08. The highest BCUT2D eigenvalue weighted by atomic mass is 35.5. The first kappa shape index (κ1) is 15.3. The summed E-state index contributed by atoms with van der Waals surface area (Å²) >= 11 is 13.4. The third kappa shape index (κ3) is 5.07. The van der Waals surface area contributed by atoms with E-state index < -0.39 is 5.77 Å². The first-order valence-corrected chi connectivity index (χ1v) is 10.4. The Morgan fingerprint density at radius 3 is 1.42 bits per heavy atom. The molecule has 0 amide bonds. The average Bonchev–Trinajstić information content (AvgIpc) is 2.34. The van der Waals surface area contributed by atoms with Crippen molar-refractivity contribution < 1.29 is 9.46 Å². The molecule has 1 N–H and O–H groups in total. The van der Waals surface area contributed by atoms with E-state index in [9.17, 15) is 9.46 Å². The lowest BCUT2D eigenvalue weighted by atomic mass is 10.4. The molecular weight excluding hydrogens is 342 g/mol. The van der Waals surface area contributed by atoms with Crippen molar-refractivity contribution >= 4 is 51.7 Å². The van der Waals surface area contributed by atoms with Crippen LogP contribution in [0, 0.1) is 0 Å². The van der Waals surface area contributed by atoms with Crippen molar-refractivity contribution in [1.82, 2.24) is 0 Å². The van der Waals surface area contributed by atoms with Crippen molar-refractivity contribution in [1.29, 1.82) is 0 Å². The zero-order valence-electron chi connectivity index (χ0n) is 9.49. The van der Waals surface area contributed by atoms with Crippen molar-refractivity contribution in [2.45, 2.75) is 9.79 Å². The molecule has 0 unspecified atom stereocenters. The van der Waals surface area contributed by atoms with Crippen LogP contribution in [0.4, 0.5) is 0 Å². The van der Waals surface area contributed by atoms with Crippen molar-refractivity contribution in [3.8, 4) is 0 Å². The molecular formula is C12H9Cl2O2PS2. The van der Waals surface area contributed by atoms with Crippen molar-refractivity contribution in [3.05, 3.63) is 58.6 Å². The molecule has 0 radical (unpaired) electrons. The lowest BCUT2D eigenvalue weighted by Gasteiger charge is -2.10. The van der Waals surface area contributed by atoms with Crippen LogP contribution >= 0.6 is 51.7 Å². The van der Waals surface area contributed by atoms with Gasteiger partial charge in [-0.25, -0.2) is 0 Å². The fraction of sp³-hybridized carbons (Fsp3) is 0. The van der Waals surface area contributed by atoms with E-state index in [0.717, 1.165) is 22.8 Å². The molecule has 0 heterocycles. The zero-order chi connectivity index (χ0) is 13.9. The van der Waals surface area contributed by atoms with E-state index in [0.29, 0.717) is 19.8 Å². The lowest BCUT2D eigenvalue weighted by Crippen LogP contribution is -1.74. The Hall–Kier alpha value is -0.0900. The molecule has 0 aliphatic carbocycles. The summed E-state index contributed by atoms with van der Waals surface area (Å²) in [5.74, 6) is -3.42. The Labute approximate surface area is 129 Å². The lowest BCUT2D eigenvalue weighted by molar-refractivity contribution is 0.514. The molecule has 7 heteroatoms. The predicted molar refractivity (Wildman–Crippen MR) is 84.4 cm³/mol. The molecule has 2 rings (SSSR count). The molecule has 0 fully saturated rings. The summed E-state index contributed by atoms with van der Waals surface area (Å²) in [5.41, 5.74) is 0. The molecule has 0 spiro atoms. The number of hydrogen-bond acceptors (Lipinski definition) is 3. The molecule has 0 atom stereocenters. The summed E-state index contributed by atoms with van der Waals surface area (Å²) < 4.78 is 12.1. The van der Waals surface area contributed by atoms with Gasteiger partial charge in [-0.15, -0.1) is 0 Å². The summed E-state index contributed by atoms with van der Waals surface area (Å²) in [6.07, 6.45) is 0. The first-order valence-electron chi connectivity index (χ1n) is 5.18. The fourth-order valence-electron chi connectivity index (χ4n) is 1.28. The maximum absolute atomic E-state index is 12.1. The minimum absolute atomic E-state index is 0.600. The summed E-state index contributed by atoms with van der Waals surface area (Å²) in [4.78, 5) is 11.4. The van der Waals surface area contributed by atoms with Crippen LogP contribution in [-0.2, 0) is 4.57 Å². The Morgan fingerprint density at radius 1 is 0.789 bits per heavy atom. The van der Waals surface area contributed by atoms with Gasteiger partial charge in [-0.1, -0.05) is 23.2 Å². The molecule has 0 saturated carbocycles. The van der Waals surface area contributed by atoms with Gasteiger partial charge in [0, 0.05) is 19.8 Å². The van der Waals surface area contributed by atoms with Crippen LogP contribution in [0.5, 0.6) is 0 Å². The van der Waals surface area contributed by atoms with E-state index >= 15 is 0 Å². The van der Waals surface area contributed by atoms with Gasteiger partial charge < -0.3 is 4.89 Å². The van der Waals surface area contributed by atoms with Crippen LogP contribution in [0.3, 0.4) is 0 Å². The molecule has 2 nitrogen and oxygen atoms in total. The minimum atomic E-state index is -3.42. The van der Waals surface area contributed by atoms with Crippen LogP contribution < -0.4 is 0 Å². The fourth-order valence-corrected chi connectivity index (χ4v) is 6.94. The van der Waals surface area contributed by atoms with Gasteiger partial charge in [-0.3, -0.25) is 4.57 Å². The number of hydrogen-bond donors (Lipinski definition) is 1. The van der Waals surface area contributed by atoms with Gasteiger partial charge >= 0.3 is 5.77 Å². The quantitative estimate of drug-likeness (QED) is 0.688. The van der Waals surface area contributed by atoms with Gasteiger partial charge in [-0.2, -0.15) is 0 Å². The smallest absolute Gasteiger partial charge is 0.319 e. The SMILES string of the molecule is O=P(O)(Sc1ccc(Cl)cc1)Sc1ccc(Cl)cc1. The largest absolute Gasteiger partial charge is 0.329 e. The highest BCUT2D eigenvalue weighted by Gasteiger charge is 2.22. The molecule has 2 aromatic rings. The summed E-state index contributed by atoms with van der Waals surface area (Å²) in [5, 5.41) is 1.20. The standard InChI is InChI=1S/C12H9Cl2O2PS2/c13-9-1-5-11(6-2-9)18-17(15,16)19-12-7-3-10(14)4-8-12/h1-8H,(H,15,16). The molecule has 100 valence electrons. The number of halogens is 2. The second-order valence-electron chi connectivity index (χ2n) is 3.56. The highest BCUT2D eigenvalue weighted by molar-refractivity contribution is 8.89. The summed E-state index contributed by atoms with van der Waals surface area (Å²) in [6.45, 7) is 0. The Kier molecular flexibility index (Phi) is 5.29. The molecule has 0 bridgehead atoms. The molecule has 0 aliphatic rings. The second kappa shape index (κ2) is 6.57. The van der Waals surface area contributed by atoms with Crippen LogP contribution in [0.1, 0.15) is 0 Å². The second-order valence-corrected chi connectivity index (χ2v) is 11.4. The average molecular weight is 351 g/mol. The zero-order valence-corrected chi connectivity index (χ0v) is 13.5. The van der Waals surface area contributed by atoms with Gasteiger partial charge in [0.25, 0.3) is 0 Å². The van der Waals surface area contributed by atoms with E-state index in [-0.39, 0.29) is 0 Å². The van der Waals surface area contributed by atoms with Gasteiger partial charge in [-0.05, 0) is 71.3 Å². The topological polar surface area (TPSA) is 37.3 Å². The number of rotatable bonds is 4. The predicted octanol–water partition coefficient (Wildman–Crippen LogP) is 5.98. The van der Waals surface area contributed by atoms with E-state index in [1.807, 2.05) is 0 Å². The minimum Gasteiger partial charge on any atom is -0.329 e. The van der Waals surface area contributed by atoms with Gasteiger partial charge in [0.1, 0.15) is 0 Å². The maximum Gasteiger partial charge on any atom is 0.319 e. The van der Waals surface area contributed by atoms with Gasteiger partial charge in [0.05, 0.1) is 0 Å². The molecule has 0 aromatic heterocycles. The van der Waals surface area contributed by atoms with E-state index in [4.69, 9.17) is 23.2 Å². The number of benzene rings is 2. The Bertz CT molecular complexity index is 551. The van der Waals surface area contributed by atoms with Crippen LogP contribution in [0.25, 0.3) is 0 Å². The van der Waals surface area contributed by atoms with E-state index in [2.05, 4.69) is 0 Å². The normalized spacial score (nSPS) is 11.5. The van der Waals surface area contributed by atoms with Crippen LogP contribution in [0.2, 0.25) is 10.0 Å². The van der Waals surface area contributed by atoms with E-state index in [1.165, 1.54) is 0 Å². The maximum atomic E-state index is 12.1. The molecule has 19 heavy (non-hydrogen) atoms. The van der Waals surface area contributed by atoms with Crippen LogP contribution in [0.15, 0.2) is 58.3 Å². The summed E-state index contributed by atoms with van der Waals surface area (Å²) in [7, 11) is 0. The molecule has 0 aliphatic heterocycles. The summed E-state index contributed by atoms with van der Waals surface area (Å²) in [6, 6.07) is 13.6. The monoisotopic (exact) mass is 350 g/mol. The van der Waals surface area contributed by atoms with Crippen molar-refractivity contribution in [2.24, 2.45) is 0 Å². The molecule has 0 saturated heterocycles. The third-order valence-electron chi connectivity index (χ3n) is 2.07. The van der Waals surface area contributed by atoms with Gasteiger partial charge in [0.2, 0.25) is 0 Å². The highest BCUT2D eigenvalue weighted by Crippen LogP contribution is 2.70. The van der Waals surface area contributed by atoms with Gasteiger partial charge in [0.15, 0.2) is 0 Å².